The van der Waals surface area contributed by atoms with Gasteiger partial charge in [-0.25, -0.2) is 4.79 Å². The van der Waals surface area contributed by atoms with Crippen molar-refractivity contribution in [1.82, 2.24) is 10.6 Å². The molecule has 104 valence electrons. The molecule has 1 rings (SSSR count). The predicted molar refractivity (Wildman–Crippen MR) is 78.3 cm³/mol. The molecular formula is C14H20N2O2S. The molecule has 0 spiro atoms. The van der Waals surface area contributed by atoms with Crippen LogP contribution >= 0.6 is 11.8 Å². The molecule has 5 heteroatoms. The molecule has 4 nitrogen and oxygen atoms in total. The minimum absolute atomic E-state index is 0.234. The number of carbonyl (C=O) groups is 2. The Morgan fingerprint density at radius 2 is 1.84 bits per heavy atom. The number of carbonyl (C=O) groups excluding carboxylic acids is 2. The summed E-state index contributed by atoms with van der Waals surface area (Å²) in [5.74, 6) is 0.313. The Morgan fingerprint density at radius 1 is 1.21 bits per heavy atom. The zero-order valence-corrected chi connectivity index (χ0v) is 12.3. The van der Waals surface area contributed by atoms with Crippen LogP contribution in [0, 0.1) is 12.8 Å². The molecule has 3 amide bonds. The molecule has 1 aromatic rings. The topological polar surface area (TPSA) is 58.2 Å². The summed E-state index contributed by atoms with van der Waals surface area (Å²) >= 11 is 1.41. The molecule has 0 saturated carbocycles. The summed E-state index contributed by atoms with van der Waals surface area (Å²) in [7, 11) is 0. The maximum atomic E-state index is 11.5. The third-order valence-electron chi connectivity index (χ3n) is 2.31. The van der Waals surface area contributed by atoms with E-state index in [1.165, 1.54) is 17.3 Å². The third-order valence-corrected chi connectivity index (χ3v) is 3.33. The van der Waals surface area contributed by atoms with Crippen LogP contribution in [0.3, 0.4) is 0 Å². The Hall–Kier alpha value is -1.49. The number of hydrogen-bond acceptors (Lipinski definition) is 3. The van der Waals surface area contributed by atoms with Crippen LogP contribution in [0.4, 0.5) is 4.79 Å². The summed E-state index contributed by atoms with van der Waals surface area (Å²) in [4.78, 5) is 23.9. The quantitative estimate of drug-likeness (QED) is 0.815. The van der Waals surface area contributed by atoms with E-state index in [0.717, 1.165) is 4.90 Å². The summed E-state index contributed by atoms with van der Waals surface area (Å²) in [5.41, 5.74) is 1.18. The first-order valence-corrected chi connectivity index (χ1v) is 7.23. The Bertz CT molecular complexity index is 430. The number of hydrogen-bond donors (Lipinski definition) is 2. The smallest absolute Gasteiger partial charge is 0.321 e. The van der Waals surface area contributed by atoms with E-state index >= 15 is 0 Å². The molecule has 0 heterocycles. The van der Waals surface area contributed by atoms with E-state index < -0.39 is 6.03 Å². The first-order valence-electron chi connectivity index (χ1n) is 6.24. The molecule has 1 aromatic carbocycles. The second kappa shape index (κ2) is 7.84. The van der Waals surface area contributed by atoms with Crippen LogP contribution in [0.15, 0.2) is 29.2 Å². The third kappa shape index (κ3) is 6.86. The van der Waals surface area contributed by atoms with Crippen LogP contribution < -0.4 is 10.6 Å². The number of thioether (sulfide) groups is 1. The number of amides is 3. The van der Waals surface area contributed by atoms with E-state index in [4.69, 9.17) is 0 Å². The molecule has 0 saturated heterocycles. The fraction of sp³-hybridized carbons (Fsp3) is 0.429. The van der Waals surface area contributed by atoms with Gasteiger partial charge < -0.3 is 5.32 Å². The van der Waals surface area contributed by atoms with Crippen molar-refractivity contribution in [3.8, 4) is 0 Å². The van der Waals surface area contributed by atoms with Crippen molar-refractivity contribution < 1.29 is 9.59 Å². The van der Waals surface area contributed by atoms with Crippen molar-refractivity contribution >= 4 is 23.7 Å². The van der Waals surface area contributed by atoms with Crippen LogP contribution in [0.1, 0.15) is 19.4 Å². The number of nitrogens with one attached hydrogen (secondary N) is 2. The lowest BCUT2D eigenvalue weighted by Gasteiger charge is -2.08. The largest absolute Gasteiger partial charge is 0.338 e. The lowest BCUT2D eigenvalue weighted by molar-refractivity contribution is -0.117. The van der Waals surface area contributed by atoms with Crippen LogP contribution in [0.25, 0.3) is 0 Å². The fourth-order valence-corrected chi connectivity index (χ4v) is 1.99. The monoisotopic (exact) mass is 280 g/mol. The standard InChI is InChI=1S/C14H20N2O2S/c1-10(2)8-15-14(18)16-13(17)9-19-12-6-4-11(3)5-7-12/h4-7,10H,8-9H2,1-3H3,(H2,15,16,17,18). The van der Waals surface area contributed by atoms with Gasteiger partial charge in [-0.3, -0.25) is 10.1 Å². The molecule has 0 fully saturated rings. The molecule has 0 aliphatic heterocycles. The molecule has 0 aliphatic carbocycles. The van der Waals surface area contributed by atoms with E-state index in [2.05, 4.69) is 10.6 Å². The first-order chi connectivity index (χ1) is 8.97. The molecule has 0 bridgehead atoms. The highest BCUT2D eigenvalue weighted by atomic mass is 32.2. The van der Waals surface area contributed by atoms with Gasteiger partial charge in [-0.1, -0.05) is 31.5 Å². The summed E-state index contributed by atoms with van der Waals surface area (Å²) in [6.45, 7) is 6.56. The zero-order chi connectivity index (χ0) is 14.3. The number of benzene rings is 1. The van der Waals surface area contributed by atoms with E-state index in [0.29, 0.717) is 12.5 Å². The number of imide groups is 1. The first kappa shape index (κ1) is 15.6. The maximum absolute atomic E-state index is 11.5. The Morgan fingerprint density at radius 3 is 2.42 bits per heavy atom. The van der Waals surface area contributed by atoms with Gasteiger partial charge in [0, 0.05) is 11.4 Å². The molecule has 19 heavy (non-hydrogen) atoms. The van der Waals surface area contributed by atoms with Crippen molar-refractivity contribution in [2.75, 3.05) is 12.3 Å². The summed E-state index contributed by atoms with van der Waals surface area (Å²) in [6.07, 6.45) is 0. The average Bonchev–Trinajstić information content (AvgIpc) is 2.36. The summed E-state index contributed by atoms with van der Waals surface area (Å²) < 4.78 is 0. The van der Waals surface area contributed by atoms with Gasteiger partial charge in [0.05, 0.1) is 5.75 Å². The van der Waals surface area contributed by atoms with Gasteiger partial charge in [0.1, 0.15) is 0 Å². The van der Waals surface area contributed by atoms with Gasteiger partial charge in [0.25, 0.3) is 0 Å². The number of rotatable bonds is 5. The molecule has 0 unspecified atom stereocenters. The molecule has 0 atom stereocenters. The Balaban J connectivity index is 2.27. The van der Waals surface area contributed by atoms with E-state index in [-0.39, 0.29) is 11.7 Å². The molecule has 0 aliphatic rings. The molecule has 0 aromatic heterocycles. The molecule has 0 radical (unpaired) electrons. The minimum atomic E-state index is -0.428. The zero-order valence-electron chi connectivity index (χ0n) is 11.5. The lowest BCUT2D eigenvalue weighted by Crippen LogP contribution is -2.41. The van der Waals surface area contributed by atoms with Gasteiger partial charge in [-0.05, 0) is 25.0 Å². The Kier molecular flexibility index (Phi) is 6.42. The Labute approximate surface area is 118 Å². The minimum Gasteiger partial charge on any atom is -0.338 e. The van der Waals surface area contributed by atoms with Gasteiger partial charge in [0.15, 0.2) is 0 Å². The van der Waals surface area contributed by atoms with Crippen LogP contribution in [-0.4, -0.2) is 24.2 Å². The number of urea groups is 1. The molecular weight excluding hydrogens is 260 g/mol. The number of aryl methyl sites for hydroxylation is 1. The van der Waals surface area contributed by atoms with Gasteiger partial charge >= 0.3 is 6.03 Å². The summed E-state index contributed by atoms with van der Waals surface area (Å²) in [6, 6.07) is 7.49. The van der Waals surface area contributed by atoms with Gasteiger partial charge in [0.2, 0.25) is 5.91 Å². The van der Waals surface area contributed by atoms with Crippen LogP contribution in [0.5, 0.6) is 0 Å². The summed E-state index contributed by atoms with van der Waals surface area (Å²) in [5, 5.41) is 4.95. The SMILES string of the molecule is Cc1ccc(SCC(=O)NC(=O)NCC(C)C)cc1. The predicted octanol–water partition coefficient (Wildman–Crippen LogP) is 2.57. The maximum Gasteiger partial charge on any atom is 0.321 e. The van der Waals surface area contributed by atoms with Crippen molar-refractivity contribution in [1.29, 1.82) is 0 Å². The average molecular weight is 280 g/mol. The second-order valence-corrected chi connectivity index (χ2v) is 5.80. The van der Waals surface area contributed by atoms with Crippen LogP contribution in [-0.2, 0) is 4.79 Å². The van der Waals surface area contributed by atoms with Gasteiger partial charge in [-0.2, -0.15) is 0 Å². The van der Waals surface area contributed by atoms with Crippen molar-refractivity contribution in [3.05, 3.63) is 29.8 Å². The fourth-order valence-electron chi connectivity index (χ4n) is 1.29. The lowest BCUT2D eigenvalue weighted by atomic mass is 10.2. The highest BCUT2D eigenvalue weighted by Crippen LogP contribution is 2.17. The van der Waals surface area contributed by atoms with E-state index in [9.17, 15) is 9.59 Å². The van der Waals surface area contributed by atoms with Crippen molar-refractivity contribution in [2.45, 2.75) is 25.7 Å². The molecule has 2 N–H and O–H groups in total. The van der Waals surface area contributed by atoms with Crippen molar-refractivity contribution in [3.63, 3.8) is 0 Å². The van der Waals surface area contributed by atoms with Gasteiger partial charge in [-0.15, -0.1) is 11.8 Å². The normalized spacial score (nSPS) is 10.3. The van der Waals surface area contributed by atoms with Crippen molar-refractivity contribution in [2.24, 2.45) is 5.92 Å². The highest BCUT2D eigenvalue weighted by molar-refractivity contribution is 8.00. The van der Waals surface area contributed by atoms with Crippen LogP contribution in [0.2, 0.25) is 0 Å². The second-order valence-electron chi connectivity index (χ2n) is 4.75. The highest BCUT2D eigenvalue weighted by Gasteiger charge is 2.08. The van der Waals surface area contributed by atoms with E-state index in [1.54, 1.807) is 0 Å². The van der Waals surface area contributed by atoms with E-state index in [1.807, 2.05) is 45.0 Å².